The van der Waals surface area contributed by atoms with E-state index in [0.717, 1.165) is 50.3 Å². The lowest BCUT2D eigenvalue weighted by atomic mass is 9.78. The van der Waals surface area contributed by atoms with Gasteiger partial charge in [0.2, 0.25) is 5.88 Å². The molecule has 0 aliphatic rings. The number of pyridine rings is 2. The van der Waals surface area contributed by atoms with Gasteiger partial charge in [0.1, 0.15) is 11.5 Å². The van der Waals surface area contributed by atoms with Gasteiger partial charge in [-0.25, -0.2) is 9.97 Å². The lowest BCUT2D eigenvalue weighted by Crippen LogP contribution is -2.17. The Kier molecular flexibility index (Phi) is 8.94. The Balaban J connectivity index is 1.43. The van der Waals surface area contributed by atoms with Gasteiger partial charge in [0.15, 0.2) is 0 Å². The monoisotopic (exact) mass is 632 g/mol. The smallest absolute Gasteiger partial charge is 0.219 e. The molecule has 0 saturated heterocycles. The first kappa shape index (κ1) is 32.7. The van der Waals surface area contributed by atoms with Gasteiger partial charge < -0.3 is 9.84 Å². The molecular formula is C44H44N2O2. The van der Waals surface area contributed by atoms with Gasteiger partial charge in [0.05, 0.1) is 11.4 Å². The van der Waals surface area contributed by atoms with E-state index in [1.807, 2.05) is 60.7 Å². The highest BCUT2D eigenvalue weighted by molar-refractivity contribution is 5.80. The maximum atomic E-state index is 11.8. The van der Waals surface area contributed by atoms with Crippen LogP contribution in [-0.2, 0) is 10.8 Å². The quantitative estimate of drug-likeness (QED) is 0.190. The topological polar surface area (TPSA) is 55.2 Å². The van der Waals surface area contributed by atoms with E-state index in [4.69, 9.17) is 9.72 Å². The normalized spacial score (nSPS) is 12.5. The zero-order valence-electron chi connectivity index (χ0n) is 29.0. The van der Waals surface area contributed by atoms with Gasteiger partial charge in [-0.3, -0.25) is 0 Å². The van der Waals surface area contributed by atoms with Crippen LogP contribution in [0.5, 0.6) is 17.4 Å². The Morgan fingerprint density at radius 3 is 1.96 bits per heavy atom. The van der Waals surface area contributed by atoms with Gasteiger partial charge in [-0.15, -0.1) is 0 Å². The summed E-state index contributed by atoms with van der Waals surface area (Å²) in [4.78, 5) is 9.72. The first-order valence-corrected chi connectivity index (χ1v) is 16.6. The maximum absolute atomic E-state index is 11.8. The molecule has 2 aromatic heterocycles. The van der Waals surface area contributed by atoms with Crippen molar-refractivity contribution in [2.24, 2.45) is 0 Å². The van der Waals surface area contributed by atoms with Gasteiger partial charge in [0, 0.05) is 34.9 Å². The molecule has 1 atom stereocenters. The molecular weight excluding hydrogens is 588 g/mol. The summed E-state index contributed by atoms with van der Waals surface area (Å²) in [7, 11) is 0. The highest BCUT2D eigenvalue weighted by Gasteiger charge is 2.26. The van der Waals surface area contributed by atoms with Crippen LogP contribution in [0.4, 0.5) is 0 Å². The van der Waals surface area contributed by atoms with Crippen LogP contribution in [-0.4, -0.2) is 15.1 Å². The third-order valence-electron chi connectivity index (χ3n) is 8.90. The molecule has 0 saturated carbocycles. The Bertz CT molecular complexity index is 2040. The van der Waals surface area contributed by atoms with Crippen molar-refractivity contribution in [2.45, 2.75) is 65.2 Å². The van der Waals surface area contributed by atoms with E-state index in [1.165, 1.54) is 5.56 Å². The Hall–Kier alpha value is -5.22. The second kappa shape index (κ2) is 13.1. The van der Waals surface area contributed by atoms with Gasteiger partial charge in [-0.2, -0.15) is 0 Å². The van der Waals surface area contributed by atoms with E-state index in [2.05, 4.69) is 114 Å². The second-order valence-corrected chi connectivity index (χ2v) is 14.6. The summed E-state index contributed by atoms with van der Waals surface area (Å²) in [5.74, 6) is 1.69. The third-order valence-corrected chi connectivity index (χ3v) is 8.90. The molecule has 0 fully saturated rings. The van der Waals surface area contributed by atoms with E-state index >= 15 is 0 Å². The predicted octanol–water partition coefficient (Wildman–Crippen LogP) is 11.7. The minimum Gasteiger partial charge on any atom is -0.507 e. The summed E-state index contributed by atoms with van der Waals surface area (Å²) in [6.07, 6.45) is 1.80. The molecule has 48 heavy (non-hydrogen) atoms. The minimum atomic E-state index is -0.254. The van der Waals surface area contributed by atoms with Crippen LogP contribution in [0.3, 0.4) is 0 Å². The number of phenolic OH excluding ortho intramolecular Hbond substituents is 1. The number of phenols is 1. The van der Waals surface area contributed by atoms with E-state index in [1.54, 1.807) is 6.20 Å². The number of benzene rings is 4. The number of aromatic nitrogens is 2. The van der Waals surface area contributed by atoms with Crippen LogP contribution in [0.2, 0.25) is 0 Å². The maximum Gasteiger partial charge on any atom is 0.219 e. The molecule has 1 unspecified atom stereocenters. The molecule has 6 rings (SSSR count). The summed E-state index contributed by atoms with van der Waals surface area (Å²) in [6, 6.07) is 41.2. The standard InChI is InChI=1S/C44H44N2O2/c1-29(30-15-10-8-11-16-30)32-21-22-45-41(26-32)48-36-20-14-19-33(23-36)39-24-34(31-17-12-9-13-18-31)25-40(46-39)37-27-35(43(2,3)4)28-38(42(37)47)44(5,6)7/h8-29,47H,1-7H3. The fourth-order valence-corrected chi connectivity index (χ4v) is 5.97. The van der Waals surface area contributed by atoms with Crippen LogP contribution >= 0.6 is 0 Å². The molecule has 4 heteroatoms. The van der Waals surface area contributed by atoms with Gasteiger partial charge in [-0.1, -0.05) is 127 Å². The van der Waals surface area contributed by atoms with Crippen molar-refractivity contribution in [1.29, 1.82) is 0 Å². The van der Waals surface area contributed by atoms with Crippen molar-refractivity contribution in [3.05, 3.63) is 150 Å². The number of rotatable bonds is 7. The molecule has 242 valence electrons. The Morgan fingerprint density at radius 1 is 0.604 bits per heavy atom. The molecule has 0 spiro atoms. The fraction of sp³-hybridized carbons (Fsp3) is 0.227. The highest BCUT2D eigenvalue weighted by atomic mass is 16.5. The van der Waals surface area contributed by atoms with E-state index in [0.29, 0.717) is 11.6 Å². The summed E-state index contributed by atoms with van der Waals surface area (Å²) in [5.41, 5.74) is 9.30. The second-order valence-electron chi connectivity index (χ2n) is 14.6. The molecule has 1 N–H and O–H groups in total. The molecule has 2 heterocycles. The zero-order valence-corrected chi connectivity index (χ0v) is 29.0. The third kappa shape index (κ3) is 7.18. The first-order valence-electron chi connectivity index (χ1n) is 16.6. The molecule has 0 bridgehead atoms. The molecule has 4 nitrogen and oxygen atoms in total. The van der Waals surface area contributed by atoms with Crippen molar-refractivity contribution in [2.75, 3.05) is 0 Å². The molecule has 4 aromatic carbocycles. The summed E-state index contributed by atoms with van der Waals surface area (Å²) >= 11 is 0. The van der Waals surface area contributed by atoms with Crippen LogP contribution in [0.25, 0.3) is 33.6 Å². The van der Waals surface area contributed by atoms with Crippen molar-refractivity contribution in [1.82, 2.24) is 9.97 Å². The summed E-state index contributed by atoms with van der Waals surface area (Å²) in [5, 5.41) is 11.8. The van der Waals surface area contributed by atoms with Crippen LogP contribution in [0, 0.1) is 0 Å². The minimum absolute atomic E-state index is 0.113. The first-order chi connectivity index (χ1) is 22.9. The van der Waals surface area contributed by atoms with Gasteiger partial charge in [0.25, 0.3) is 0 Å². The number of hydrogen-bond acceptors (Lipinski definition) is 4. The lowest BCUT2D eigenvalue weighted by Gasteiger charge is -2.27. The van der Waals surface area contributed by atoms with E-state index < -0.39 is 0 Å². The van der Waals surface area contributed by atoms with Crippen LogP contribution in [0.1, 0.15) is 76.6 Å². The molecule has 0 radical (unpaired) electrons. The summed E-state index contributed by atoms with van der Waals surface area (Å²) < 4.78 is 6.34. The number of hydrogen-bond donors (Lipinski definition) is 1. The molecule has 6 aromatic rings. The van der Waals surface area contributed by atoms with Crippen molar-refractivity contribution in [3.63, 3.8) is 0 Å². The van der Waals surface area contributed by atoms with Crippen LogP contribution in [0.15, 0.2) is 128 Å². The number of nitrogens with zero attached hydrogens (tertiary/aromatic N) is 2. The van der Waals surface area contributed by atoms with E-state index in [9.17, 15) is 5.11 Å². The van der Waals surface area contributed by atoms with Crippen molar-refractivity contribution >= 4 is 0 Å². The SMILES string of the molecule is CC(c1ccccc1)c1ccnc(Oc2cccc(-c3cc(-c4ccccc4)cc(-c4cc(C(C)(C)C)cc(C(C)(C)C)c4O)n3)c2)c1. The summed E-state index contributed by atoms with van der Waals surface area (Å²) in [6.45, 7) is 15.2. The fourth-order valence-electron chi connectivity index (χ4n) is 5.97. The van der Waals surface area contributed by atoms with Gasteiger partial charge >= 0.3 is 0 Å². The Morgan fingerprint density at radius 2 is 1.27 bits per heavy atom. The highest BCUT2D eigenvalue weighted by Crippen LogP contribution is 2.43. The zero-order chi connectivity index (χ0) is 34.1. The number of ether oxygens (including phenoxy) is 1. The predicted molar refractivity (Wildman–Crippen MR) is 198 cm³/mol. The van der Waals surface area contributed by atoms with Crippen molar-refractivity contribution in [3.8, 4) is 51.0 Å². The van der Waals surface area contributed by atoms with Crippen LogP contribution < -0.4 is 4.74 Å². The van der Waals surface area contributed by atoms with Gasteiger partial charge in [-0.05, 0) is 75.0 Å². The average molecular weight is 633 g/mol. The molecule has 0 aliphatic heterocycles. The number of aromatic hydroxyl groups is 1. The average Bonchev–Trinajstić information content (AvgIpc) is 3.08. The lowest BCUT2D eigenvalue weighted by molar-refractivity contribution is 0.446. The Labute approximate surface area is 285 Å². The van der Waals surface area contributed by atoms with E-state index in [-0.39, 0.29) is 22.5 Å². The molecule has 0 amide bonds. The largest absolute Gasteiger partial charge is 0.507 e. The molecule has 0 aliphatic carbocycles. The van der Waals surface area contributed by atoms with Crippen molar-refractivity contribution < 1.29 is 9.84 Å².